The van der Waals surface area contributed by atoms with Crippen LogP contribution >= 0.6 is 15.9 Å². The monoisotopic (exact) mass is 323 g/mol. The van der Waals surface area contributed by atoms with E-state index in [1.165, 1.54) is 0 Å². The number of aliphatic hydroxyl groups is 1. The SMILES string of the molecule is COc1ccc(C(O)c2cccnc2)c(OC)c1Br. The molecule has 4 nitrogen and oxygen atoms in total. The molecule has 0 aliphatic rings. The third-order valence-corrected chi connectivity index (χ3v) is 3.56. The van der Waals surface area contributed by atoms with Crippen molar-refractivity contribution in [1.29, 1.82) is 0 Å². The summed E-state index contributed by atoms with van der Waals surface area (Å²) in [5, 5.41) is 10.4. The van der Waals surface area contributed by atoms with Gasteiger partial charge in [-0.15, -0.1) is 0 Å². The predicted octanol–water partition coefficient (Wildman–Crippen LogP) is 2.94. The van der Waals surface area contributed by atoms with Crippen molar-refractivity contribution >= 4 is 15.9 Å². The van der Waals surface area contributed by atoms with Gasteiger partial charge in [0.1, 0.15) is 22.1 Å². The minimum Gasteiger partial charge on any atom is -0.495 e. The van der Waals surface area contributed by atoms with Crippen molar-refractivity contribution in [1.82, 2.24) is 4.98 Å². The summed E-state index contributed by atoms with van der Waals surface area (Å²) in [6, 6.07) is 7.15. The molecule has 0 bridgehead atoms. The molecule has 100 valence electrons. The maximum atomic E-state index is 10.4. The number of nitrogens with zero attached hydrogens (tertiary/aromatic N) is 1. The molecule has 1 unspecified atom stereocenters. The van der Waals surface area contributed by atoms with Crippen LogP contribution in [-0.4, -0.2) is 24.3 Å². The summed E-state index contributed by atoms with van der Waals surface area (Å²) in [6.07, 6.45) is 2.49. The number of rotatable bonds is 4. The number of aliphatic hydroxyl groups excluding tert-OH is 1. The number of ether oxygens (including phenoxy) is 2. The van der Waals surface area contributed by atoms with E-state index in [1.807, 2.05) is 6.07 Å². The van der Waals surface area contributed by atoms with Gasteiger partial charge < -0.3 is 14.6 Å². The fraction of sp³-hybridized carbons (Fsp3) is 0.214. The smallest absolute Gasteiger partial charge is 0.142 e. The van der Waals surface area contributed by atoms with E-state index in [4.69, 9.17) is 9.47 Å². The average Bonchev–Trinajstić information content (AvgIpc) is 2.47. The van der Waals surface area contributed by atoms with Crippen molar-refractivity contribution < 1.29 is 14.6 Å². The normalized spacial score (nSPS) is 12.0. The lowest BCUT2D eigenvalue weighted by Gasteiger charge is -2.17. The summed E-state index contributed by atoms with van der Waals surface area (Å²) < 4.78 is 11.2. The molecule has 0 fully saturated rings. The zero-order valence-electron chi connectivity index (χ0n) is 10.6. The molecule has 5 heteroatoms. The molecule has 1 atom stereocenters. The fourth-order valence-electron chi connectivity index (χ4n) is 1.85. The first kappa shape index (κ1) is 13.8. The minimum absolute atomic E-state index is 0.552. The van der Waals surface area contributed by atoms with Crippen molar-refractivity contribution in [3.63, 3.8) is 0 Å². The standard InChI is InChI=1S/C14H14BrNO3/c1-18-11-6-5-10(14(19-2)12(11)15)13(17)9-4-3-7-16-8-9/h3-8,13,17H,1-2H3. The van der Waals surface area contributed by atoms with Gasteiger partial charge in [-0.2, -0.15) is 0 Å². The van der Waals surface area contributed by atoms with E-state index < -0.39 is 6.10 Å². The second kappa shape index (κ2) is 6.04. The van der Waals surface area contributed by atoms with Crippen LogP contribution < -0.4 is 9.47 Å². The third-order valence-electron chi connectivity index (χ3n) is 2.81. The first-order chi connectivity index (χ1) is 9.19. The Kier molecular flexibility index (Phi) is 4.39. The highest BCUT2D eigenvalue weighted by Gasteiger charge is 2.20. The number of hydrogen-bond donors (Lipinski definition) is 1. The van der Waals surface area contributed by atoms with Gasteiger partial charge in [-0.3, -0.25) is 4.98 Å². The second-order valence-electron chi connectivity index (χ2n) is 3.89. The van der Waals surface area contributed by atoms with Crippen LogP contribution in [0.5, 0.6) is 11.5 Å². The molecule has 0 aliphatic heterocycles. The Bertz CT molecular complexity index is 560. The molecule has 1 aromatic carbocycles. The van der Waals surface area contributed by atoms with Crippen molar-refractivity contribution in [2.24, 2.45) is 0 Å². The number of hydrogen-bond acceptors (Lipinski definition) is 4. The third kappa shape index (κ3) is 2.72. The van der Waals surface area contributed by atoms with Gasteiger partial charge in [0.25, 0.3) is 0 Å². The fourth-order valence-corrected chi connectivity index (χ4v) is 2.54. The van der Waals surface area contributed by atoms with E-state index in [2.05, 4.69) is 20.9 Å². The van der Waals surface area contributed by atoms with E-state index in [0.717, 1.165) is 0 Å². The van der Waals surface area contributed by atoms with Gasteiger partial charge in [-0.05, 0) is 34.1 Å². The van der Waals surface area contributed by atoms with Crippen LogP contribution in [0.2, 0.25) is 0 Å². The summed E-state index contributed by atoms with van der Waals surface area (Å²) in [5.74, 6) is 1.20. The second-order valence-corrected chi connectivity index (χ2v) is 4.69. The molecule has 1 aromatic heterocycles. The molecule has 1 N–H and O–H groups in total. The highest BCUT2D eigenvalue weighted by atomic mass is 79.9. The van der Waals surface area contributed by atoms with Crippen LogP contribution in [0.1, 0.15) is 17.2 Å². The lowest BCUT2D eigenvalue weighted by Crippen LogP contribution is -2.04. The summed E-state index contributed by atoms with van der Waals surface area (Å²) in [4.78, 5) is 4.01. The maximum Gasteiger partial charge on any atom is 0.142 e. The van der Waals surface area contributed by atoms with Gasteiger partial charge in [0, 0.05) is 23.5 Å². The van der Waals surface area contributed by atoms with Crippen molar-refractivity contribution in [3.8, 4) is 11.5 Å². The van der Waals surface area contributed by atoms with Gasteiger partial charge in [-0.25, -0.2) is 0 Å². The molecule has 0 aliphatic carbocycles. The summed E-state index contributed by atoms with van der Waals surface area (Å²) >= 11 is 3.42. The van der Waals surface area contributed by atoms with Crippen LogP contribution in [0.25, 0.3) is 0 Å². The predicted molar refractivity (Wildman–Crippen MR) is 75.5 cm³/mol. The molecule has 0 saturated heterocycles. The average molecular weight is 324 g/mol. The molecular weight excluding hydrogens is 310 g/mol. The lowest BCUT2D eigenvalue weighted by atomic mass is 10.0. The molecule has 0 amide bonds. The largest absolute Gasteiger partial charge is 0.495 e. The molecule has 0 spiro atoms. The zero-order chi connectivity index (χ0) is 13.8. The Morgan fingerprint density at radius 3 is 2.58 bits per heavy atom. The Hall–Kier alpha value is -1.59. The van der Waals surface area contributed by atoms with Crippen molar-refractivity contribution in [2.75, 3.05) is 14.2 Å². The first-order valence-corrected chi connectivity index (χ1v) is 6.46. The van der Waals surface area contributed by atoms with Crippen molar-refractivity contribution in [2.45, 2.75) is 6.10 Å². The maximum absolute atomic E-state index is 10.4. The van der Waals surface area contributed by atoms with Crippen LogP contribution in [0.3, 0.4) is 0 Å². The van der Waals surface area contributed by atoms with E-state index in [-0.39, 0.29) is 0 Å². The molecular formula is C14H14BrNO3. The number of halogens is 1. The highest BCUT2D eigenvalue weighted by molar-refractivity contribution is 9.10. The van der Waals surface area contributed by atoms with E-state index in [9.17, 15) is 5.11 Å². The Morgan fingerprint density at radius 1 is 1.21 bits per heavy atom. The van der Waals surface area contributed by atoms with Crippen LogP contribution in [0.15, 0.2) is 41.1 Å². The molecule has 0 radical (unpaired) electrons. The Labute approximate surface area is 120 Å². The minimum atomic E-state index is -0.800. The van der Waals surface area contributed by atoms with E-state index in [0.29, 0.717) is 27.1 Å². The molecule has 2 rings (SSSR count). The van der Waals surface area contributed by atoms with Crippen LogP contribution in [-0.2, 0) is 0 Å². The topological polar surface area (TPSA) is 51.6 Å². The van der Waals surface area contributed by atoms with Crippen LogP contribution in [0, 0.1) is 0 Å². The highest BCUT2D eigenvalue weighted by Crippen LogP contribution is 2.40. The van der Waals surface area contributed by atoms with E-state index >= 15 is 0 Å². The number of benzene rings is 1. The Balaban J connectivity index is 2.48. The van der Waals surface area contributed by atoms with Crippen molar-refractivity contribution in [3.05, 3.63) is 52.3 Å². The van der Waals surface area contributed by atoms with Gasteiger partial charge in [0.2, 0.25) is 0 Å². The summed E-state index contributed by atoms with van der Waals surface area (Å²) in [7, 11) is 3.13. The molecule has 1 heterocycles. The molecule has 2 aromatic rings. The molecule has 0 saturated carbocycles. The van der Waals surface area contributed by atoms with Gasteiger partial charge in [0.05, 0.1) is 14.2 Å². The van der Waals surface area contributed by atoms with Crippen LogP contribution in [0.4, 0.5) is 0 Å². The number of aromatic nitrogens is 1. The van der Waals surface area contributed by atoms with Gasteiger partial charge in [0.15, 0.2) is 0 Å². The van der Waals surface area contributed by atoms with Gasteiger partial charge >= 0.3 is 0 Å². The van der Waals surface area contributed by atoms with E-state index in [1.54, 1.807) is 44.8 Å². The summed E-state index contributed by atoms with van der Waals surface area (Å²) in [6.45, 7) is 0. The number of pyridine rings is 1. The zero-order valence-corrected chi connectivity index (χ0v) is 12.2. The Morgan fingerprint density at radius 2 is 2.00 bits per heavy atom. The summed E-state index contributed by atoms with van der Waals surface area (Å²) in [5.41, 5.74) is 1.36. The lowest BCUT2D eigenvalue weighted by molar-refractivity contribution is 0.214. The number of methoxy groups -OCH3 is 2. The first-order valence-electron chi connectivity index (χ1n) is 5.67. The molecule has 19 heavy (non-hydrogen) atoms. The quantitative estimate of drug-likeness (QED) is 0.939. The van der Waals surface area contributed by atoms with Gasteiger partial charge in [-0.1, -0.05) is 6.07 Å².